The standard InChI is InChI=1S/C13H24O/c1-12(2,3)9-7-11(8-10-14)13(4,5)6/h9,14H,8,10H2,1-6H3. The first-order chi connectivity index (χ1) is 6.17. The van der Waals surface area contributed by atoms with Gasteiger partial charge in [0.1, 0.15) is 0 Å². The summed E-state index contributed by atoms with van der Waals surface area (Å²) < 4.78 is 0. The molecule has 0 atom stereocenters. The summed E-state index contributed by atoms with van der Waals surface area (Å²) in [7, 11) is 0. The molecule has 0 aliphatic carbocycles. The first kappa shape index (κ1) is 13.5. The van der Waals surface area contributed by atoms with Crippen molar-refractivity contribution in [1.29, 1.82) is 0 Å². The van der Waals surface area contributed by atoms with E-state index in [2.05, 4.69) is 53.3 Å². The third kappa shape index (κ3) is 6.01. The molecule has 0 spiro atoms. The molecule has 0 aromatic carbocycles. The van der Waals surface area contributed by atoms with E-state index >= 15 is 0 Å². The minimum atomic E-state index is 0.102. The third-order valence-corrected chi connectivity index (χ3v) is 1.95. The Kier molecular flexibility index (Phi) is 4.64. The van der Waals surface area contributed by atoms with Gasteiger partial charge in [-0.1, -0.05) is 41.5 Å². The Morgan fingerprint density at radius 3 is 1.93 bits per heavy atom. The van der Waals surface area contributed by atoms with Gasteiger partial charge < -0.3 is 5.11 Å². The SMILES string of the molecule is CC(C)(C)C=C=C(CCO)C(C)(C)C. The van der Waals surface area contributed by atoms with Crippen LogP contribution in [0.4, 0.5) is 0 Å². The Labute approximate surface area is 88.5 Å². The molecule has 0 heterocycles. The molecule has 82 valence electrons. The molecule has 0 bridgehead atoms. The summed E-state index contributed by atoms with van der Waals surface area (Å²) in [4.78, 5) is 0. The molecule has 0 fully saturated rings. The molecule has 0 aliphatic rings. The zero-order chi connectivity index (χ0) is 11.4. The number of hydrogen-bond donors (Lipinski definition) is 1. The van der Waals surface area contributed by atoms with Gasteiger partial charge in [0.15, 0.2) is 0 Å². The topological polar surface area (TPSA) is 20.2 Å². The summed E-state index contributed by atoms with van der Waals surface area (Å²) in [6.45, 7) is 13.1. The lowest BCUT2D eigenvalue weighted by Gasteiger charge is -2.21. The second-order valence-electron chi connectivity index (χ2n) is 5.86. The van der Waals surface area contributed by atoms with Gasteiger partial charge in [-0.3, -0.25) is 0 Å². The Morgan fingerprint density at radius 1 is 1.14 bits per heavy atom. The van der Waals surface area contributed by atoms with Gasteiger partial charge in [-0.2, -0.15) is 0 Å². The monoisotopic (exact) mass is 196 g/mol. The fourth-order valence-corrected chi connectivity index (χ4v) is 1.08. The number of aliphatic hydroxyl groups excluding tert-OH is 1. The highest BCUT2D eigenvalue weighted by Gasteiger charge is 2.16. The molecule has 0 aliphatic heterocycles. The van der Waals surface area contributed by atoms with Crippen LogP contribution in [0.5, 0.6) is 0 Å². The molecule has 0 aromatic heterocycles. The number of hydrogen-bond acceptors (Lipinski definition) is 1. The zero-order valence-electron chi connectivity index (χ0n) is 10.4. The third-order valence-electron chi connectivity index (χ3n) is 1.95. The smallest absolute Gasteiger partial charge is 0.0474 e. The van der Waals surface area contributed by atoms with E-state index in [0.717, 1.165) is 6.42 Å². The van der Waals surface area contributed by atoms with Crippen LogP contribution in [-0.4, -0.2) is 11.7 Å². The van der Waals surface area contributed by atoms with E-state index in [1.54, 1.807) is 0 Å². The Hall–Kier alpha value is -0.520. The van der Waals surface area contributed by atoms with Crippen LogP contribution in [0.2, 0.25) is 0 Å². The van der Waals surface area contributed by atoms with Crippen molar-refractivity contribution in [3.05, 3.63) is 17.4 Å². The molecular weight excluding hydrogens is 172 g/mol. The molecule has 0 rings (SSSR count). The molecule has 1 N–H and O–H groups in total. The molecule has 0 aromatic rings. The fourth-order valence-electron chi connectivity index (χ4n) is 1.08. The fraction of sp³-hybridized carbons (Fsp3) is 0.769. The Morgan fingerprint density at radius 2 is 1.64 bits per heavy atom. The lowest BCUT2D eigenvalue weighted by molar-refractivity contribution is 0.287. The van der Waals surface area contributed by atoms with Gasteiger partial charge in [-0.05, 0) is 28.9 Å². The molecular formula is C13H24O. The lowest BCUT2D eigenvalue weighted by atomic mass is 9.84. The first-order valence-electron chi connectivity index (χ1n) is 5.25. The molecule has 0 saturated heterocycles. The van der Waals surface area contributed by atoms with Gasteiger partial charge in [0, 0.05) is 6.61 Å². The van der Waals surface area contributed by atoms with Gasteiger partial charge in [-0.15, -0.1) is 5.73 Å². The number of aliphatic hydroxyl groups is 1. The summed E-state index contributed by atoms with van der Waals surface area (Å²) in [6, 6.07) is 0. The highest BCUT2D eigenvalue weighted by Crippen LogP contribution is 2.27. The maximum atomic E-state index is 8.95. The van der Waals surface area contributed by atoms with Gasteiger partial charge >= 0.3 is 0 Å². The Bertz CT molecular complexity index is 229. The average molecular weight is 196 g/mol. The van der Waals surface area contributed by atoms with Gasteiger partial charge in [0.25, 0.3) is 0 Å². The lowest BCUT2D eigenvalue weighted by Crippen LogP contribution is -2.10. The van der Waals surface area contributed by atoms with Crippen LogP contribution in [0.15, 0.2) is 17.4 Å². The largest absolute Gasteiger partial charge is 0.396 e. The van der Waals surface area contributed by atoms with Crippen molar-refractivity contribution in [2.45, 2.75) is 48.0 Å². The van der Waals surface area contributed by atoms with Crippen molar-refractivity contribution in [2.75, 3.05) is 6.61 Å². The van der Waals surface area contributed by atoms with Gasteiger partial charge in [-0.25, -0.2) is 0 Å². The van der Waals surface area contributed by atoms with Gasteiger partial charge in [0.2, 0.25) is 0 Å². The average Bonchev–Trinajstić information content (AvgIpc) is 1.93. The number of rotatable bonds is 2. The van der Waals surface area contributed by atoms with E-state index in [1.165, 1.54) is 5.57 Å². The van der Waals surface area contributed by atoms with Crippen molar-refractivity contribution < 1.29 is 5.11 Å². The molecule has 0 saturated carbocycles. The van der Waals surface area contributed by atoms with Crippen molar-refractivity contribution >= 4 is 0 Å². The van der Waals surface area contributed by atoms with Crippen LogP contribution in [0.1, 0.15) is 48.0 Å². The second-order valence-corrected chi connectivity index (χ2v) is 5.86. The molecule has 0 amide bonds. The molecule has 1 heteroatoms. The summed E-state index contributed by atoms with van der Waals surface area (Å²) in [5, 5.41) is 8.95. The summed E-state index contributed by atoms with van der Waals surface area (Å²) in [5.41, 5.74) is 4.78. The minimum Gasteiger partial charge on any atom is -0.396 e. The van der Waals surface area contributed by atoms with Crippen molar-refractivity contribution in [2.24, 2.45) is 10.8 Å². The zero-order valence-corrected chi connectivity index (χ0v) is 10.4. The first-order valence-corrected chi connectivity index (χ1v) is 5.25. The quantitative estimate of drug-likeness (QED) is 0.670. The van der Waals surface area contributed by atoms with Gasteiger partial charge in [0.05, 0.1) is 0 Å². The highest BCUT2D eigenvalue weighted by molar-refractivity contribution is 5.11. The minimum absolute atomic E-state index is 0.102. The van der Waals surface area contributed by atoms with E-state index in [4.69, 9.17) is 5.11 Å². The van der Waals surface area contributed by atoms with E-state index in [-0.39, 0.29) is 17.4 Å². The maximum Gasteiger partial charge on any atom is 0.0474 e. The van der Waals surface area contributed by atoms with Crippen LogP contribution < -0.4 is 0 Å². The van der Waals surface area contributed by atoms with Crippen LogP contribution >= 0.6 is 0 Å². The summed E-state index contributed by atoms with van der Waals surface area (Å²) in [5.74, 6) is 0. The van der Waals surface area contributed by atoms with Crippen molar-refractivity contribution in [3.8, 4) is 0 Å². The van der Waals surface area contributed by atoms with Crippen LogP contribution in [-0.2, 0) is 0 Å². The summed E-state index contributed by atoms with van der Waals surface area (Å²) >= 11 is 0. The van der Waals surface area contributed by atoms with E-state index < -0.39 is 0 Å². The van der Waals surface area contributed by atoms with E-state index in [1.807, 2.05) is 0 Å². The molecule has 14 heavy (non-hydrogen) atoms. The van der Waals surface area contributed by atoms with Crippen LogP contribution in [0, 0.1) is 10.8 Å². The maximum absolute atomic E-state index is 8.95. The second kappa shape index (κ2) is 4.82. The van der Waals surface area contributed by atoms with Crippen molar-refractivity contribution in [1.82, 2.24) is 0 Å². The van der Waals surface area contributed by atoms with Crippen molar-refractivity contribution in [3.63, 3.8) is 0 Å². The molecule has 1 nitrogen and oxygen atoms in total. The normalized spacial score (nSPS) is 12.2. The van der Waals surface area contributed by atoms with Crippen LogP contribution in [0.25, 0.3) is 0 Å². The van der Waals surface area contributed by atoms with E-state index in [9.17, 15) is 0 Å². The molecule has 0 unspecified atom stereocenters. The highest BCUT2D eigenvalue weighted by atomic mass is 16.2. The predicted octanol–water partition coefficient (Wildman–Crippen LogP) is 3.54. The summed E-state index contributed by atoms with van der Waals surface area (Å²) in [6.07, 6.45) is 2.80. The van der Waals surface area contributed by atoms with Crippen LogP contribution in [0.3, 0.4) is 0 Å². The predicted molar refractivity (Wildman–Crippen MR) is 62.2 cm³/mol. The molecule has 0 radical (unpaired) electrons. The van der Waals surface area contributed by atoms with E-state index in [0.29, 0.717) is 0 Å². The Balaban J connectivity index is 4.92.